The summed E-state index contributed by atoms with van der Waals surface area (Å²) in [6, 6.07) is 0. The maximum Gasteiger partial charge on any atom is 0.0431 e. The van der Waals surface area contributed by atoms with E-state index in [4.69, 9.17) is 10.8 Å². The summed E-state index contributed by atoms with van der Waals surface area (Å²) in [5.74, 6) is 0. The zero-order valence-corrected chi connectivity index (χ0v) is 16.6. The largest absolute Gasteiger partial charge is 0.396 e. The summed E-state index contributed by atoms with van der Waals surface area (Å²) in [7, 11) is 0. The smallest absolute Gasteiger partial charge is 0.0431 e. The Morgan fingerprint density at radius 1 is 0.333 bits per heavy atom. The molecule has 0 heterocycles. The van der Waals surface area contributed by atoms with Gasteiger partial charge in [-0.2, -0.15) is 0 Å². The second-order valence-corrected chi connectivity index (χ2v) is 7.58. The molecule has 0 amide bonds. The highest BCUT2D eigenvalue weighted by Crippen LogP contribution is 2.14. The first-order chi connectivity index (χ1) is 11.9. The third kappa shape index (κ3) is 21.9. The first-order valence-electron chi connectivity index (χ1n) is 11.2. The zero-order chi connectivity index (χ0) is 17.6. The van der Waals surface area contributed by atoms with Crippen molar-refractivity contribution in [2.45, 2.75) is 128 Å². The van der Waals surface area contributed by atoms with Crippen LogP contribution in [0.25, 0.3) is 0 Å². The molecule has 0 saturated carbocycles. The van der Waals surface area contributed by atoms with Crippen LogP contribution in [-0.4, -0.2) is 18.3 Å². The number of unbranched alkanes of at least 4 members (excludes halogenated alkanes) is 19. The molecule has 0 rings (SSSR count). The summed E-state index contributed by atoms with van der Waals surface area (Å²) >= 11 is 0. The van der Waals surface area contributed by atoms with Crippen LogP contribution in [0.1, 0.15) is 128 Å². The van der Waals surface area contributed by atoms with Crippen LogP contribution in [0.5, 0.6) is 0 Å². The van der Waals surface area contributed by atoms with Crippen LogP contribution in [0.4, 0.5) is 0 Å². The molecule has 0 aromatic carbocycles. The van der Waals surface area contributed by atoms with Gasteiger partial charge in [-0.3, -0.25) is 0 Å². The molecule has 0 bridgehead atoms. The van der Waals surface area contributed by atoms with Gasteiger partial charge in [0, 0.05) is 6.61 Å². The van der Waals surface area contributed by atoms with E-state index in [0.717, 1.165) is 13.0 Å². The van der Waals surface area contributed by atoms with E-state index in [0.29, 0.717) is 6.61 Å². The Labute approximate surface area is 153 Å². The summed E-state index contributed by atoms with van der Waals surface area (Å²) < 4.78 is 0. The molecule has 0 aromatic rings. The van der Waals surface area contributed by atoms with E-state index in [1.807, 2.05) is 0 Å². The van der Waals surface area contributed by atoms with Crippen LogP contribution in [0.2, 0.25) is 0 Å². The molecule has 0 unspecified atom stereocenters. The fraction of sp³-hybridized carbons (Fsp3) is 1.00. The van der Waals surface area contributed by atoms with Gasteiger partial charge in [-0.25, -0.2) is 0 Å². The van der Waals surface area contributed by atoms with Crippen molar-refractivity contribution in [1.82, 2.24) is 0 Å². The van der Waals surface area contributed by atoms with Crippen molar-refractivity contribution < 1.29 is 5.11 Å². The normalized spacial score (nSPS) is 11.2. The standard InChI is InChI=1S/C22H47NO/c23-21-19-17-15-13-11-9-7-5-3-1-2-4-6-8-10-12-14-16-18-20-22-24/h24H,1-23H2. The monoisotopic (exact) mass is 341 g/mol. The fourth-order valence-corrected chi connectivity index (χ4v) is 3.44. The third-order valence-corrected chi connectivity index (χ3v) is 5.11. The van der Waals surface area contributed by atoms with Gasteiger partial charge < -0.3 is 10.8 Å². The summed E-state index contributed by atoms with van der Waals surface area (Å²) in [6.07, 6.45) is 27.5. The summed E-state index contributed by atoms with van der Waals surface area (Å²) in [6.45, 7) is 1.24. The first kappa shape index (κ1) is 23.9. The third-order valence-electron chi connectivity index (χ3n) is 5.11. The van der Waals surface area contributed by atoms with E-state index in [9.17, 15) is 0 Å². The van der Waals surface area contributed by atoms with E-state index >= 15 is 0 Å². The van der Waals surface area contributed by atoms with Crippen LogP contribution in [0.15, 0.2) is 0 Å². The molecule has 0 fully saturated rings. The zero-order valence-electron chi connectivity index (χ0n) is 16.6. The topological polar surface area (TPSA) is 46.2 Å². The summed E-state index contributed by atoms with van der Waals surface area (Å²) in [4.78, 5) is 0. The second-order valence-electron chi connectivity index (χ2n) is 7.58. The van der Waals surface area contributed by atoms with E-state index in [2.05, 4.69) is 0 Å². The molecule has 0 aliphatic rings. The van der Waals surface area contributed by atoms with Crippen molar-refractivity contribution in [2.75, 3.05) is 13.2 Å². The van der Waals surface area contributed by atoms with Gasteiger partial charge in [0.25, 0.3) is 0 Å². The Kier molecular flexibility index (Phi) is 22.8. The van der Waals surface area contributed by atoms with Crippen molar-refractivity contribution in [1.29, 1.82) is 0 Å². The second kappa shape index (κ2) is 22.9. The molecule has 0 spiro atoms. The van der Waals surface area contributed by atoms with Gasteiger partial charge in [-0.1, -0.05) is 116 Å². The van der Waals surface area contributed by atoms with Gasteiger partial charge in [0.05, 0.1) is 0 Å². The Morgan fingerprint density at radius 2 is 0.542 bits per heavy atom. The van der Waals surface area contributed by atoms with Gasteiger partial charge >= 0.3 is 0 Å². The molecule has 0 saturated heterocycles. The van der Waals surface area contributed by atoms with Crippen molar-refractivity contribution in [3.8, 4) is 0 Å². The Bertz CT molecular complexity index is 186. The lowest BCUT2D eigenvalue weighted by molar-refractivity contribution is 0.282. The van der Waals surface area contributed by atoms with E-state index in [-0.39, 0.29) is 0 Å². The minimum atomic E-state index is 0.370. The average molecular weight is 342 g/mol. The molecular weight excluding hydrogens is 294 g/mol. The van der Waals surface area contributed by atoms with Crippen molar-refractivity contribution in [2.24, 2.45) is 5.73 Å². The lowest BCUT2D eigenvalue weighted by Crippen LogP contribution is -1.97. The van der Waals surface area contributed by atoms with Gasteiger partial charge in [-0.15, -0.1) is 0 Å². The Balaban J connectivity index is 2.93. The minimum Gasteiger partial charge on any atom is -0.396 e. The highest BCUT2D eigenvalue weighted by atomic mass is 16.2. The SMILES string of the molecule is NCCCCCCCCCCCCCCCCCCCCCCO. The molecule has 3 N–H and O–H groups in total. The van der Waals surface area contributed by atoms with Gasteiger partial charge in [0.2, 0.25) is 0 Å². The first-order valence-corrected chi connectivity index (χ1v) is 11.2. The van der Waals surface area contributed by atoms with E-state index in [1.165, 1.54) is 122 Å². The minimum absolute atomic E-state index is 0.370. The van der Waals surface area contributed by atoms with Crippen molar-refractivity contribution >= 4 is 0 Å². The quantitative estimate of drug-likeness (QED) is 0.227. The van der Waals surface area contributed by atoms with E-state index in [1.54, 1.807) is 0 Å². The lowest BCUT2D eigenvalue weighted by atomic mass is 10.0. The number of rotatable bonds is 21. The van der Waals surface area contributed by atoms with Crippen LogP contribution >= 0.6 is 0 Å². The Morgan fingerprint density at radius 3 is 0.750 bits per heavy atom. The lowest BCUT2D eigenvalue weighted by Gasteiger charge is -2.04. The molecular formula is C22H47NO. The van der Waals surface area contributed by atoms with E-state index < -0.39 is 0 Å². The molecule has 24 heavy (non-hydrogen) atoms. The number of nitrogens with two attached hydrogens (primary N) is 1. The summed E-state index contributed by atoms with van der Waals surface area (Å²) in [5, 5.41) is 8.71. The van der Waals surface area contributed by atoms with Crippen molar-refractivity contribution in [3.63, 3.8) is 0 Å². The highest BCUT2D eigenvalue weighted by Gasteiger charge is 1.95. The van der Waals surface area contributed by atoms with Crippen LogP contribution < -0.4 is 5.73 Å². The molecule has 0 aliphatic carbocycles. The highest BCUT2D eigenvalue weighted by molar-refractivity contribution is 4.51. The molecule has 2 nitrogen and oxygen atoms in total. The number of aliphatic hydroxyl groups excluding tert-OH is 1. The average Bonchev–Trinajstić information content (AvgIpc) is 2.60. The van der Waals surface area contributed by atoms with Gasteiger partial charge in [-0.05, 0) is 19.4 Å². The summed E-state index contributed by atoms with van der Waals surface area (Å²) in [5.41, 5.74) is 5.50. The van der Waals surface area contributed by atoms with Gasteiger partial charge in [0.1, 0.15) is 0 Å². The van der Waals surface area contributed by atoms with Crippen LogP contribution in [0, 0.1) is 0 Å². The van der Waals surface area contributed by atoms with Crippen LogP contribution in [-0.2, 0) is 0 Å². The molecule has 0 aromatic heterocycles. The maximum atomic E-state index is 8.71. The number of aliphatic hydroxyl groups is 1. The Hall–Kier alpha value is -0.0800. The predicted molar refractivity (Wildman–Crippen MR) is 108 cm³/mol. The fourth-order valence-electron chi connectivity index (χ4n) is 3.44. The van der Waals surface area contributed by atoms with Crippen molar-refractivity contribution in [3.05, 3.63) is 0 Å². The predicted octanol–water partition coefficient (Wildman–Crippen LogP) is 6.74. The molecule has 146 valence electrons. The van der Waals surface area contributed by atoms with Crippen LogP contribution in [0.3, 0.4) is 0 Å². The molecule has 0 atom stereocenters. The number of hydrogen-bond acceptors (Lipinski definition) is 2. The number of hydrogen-bond donors (Lipinski definition) is 2. The molecule has 2 heteroatoms. The van der Waals surface area contributed by atoms with Gasteiger partial charge in [0.15, 0.2) is 0 Å². The molecule has 0 radical (unpaired) electrons. The maximum absolute atomic E-state index is 8.71. The molecule has 0 aliphatic heterocycles.